The summed E-state index contributed by atoms with van der Waals surface area (Å²) in [7, 11) is 0. The summed E-state index contributed by atoms with van der Waals surface area (Å²) in [5.41, 5.74) is 5.22. The second-order valence-electron chi connectivity index (χ2n) is 7.35. The number of aliphatic hydroxyl groups is 1. The van der Waals surface area contributed by atoms with E-state index in [0.29, 0.717) is 6.54 Å². The summed E-state index contributed by atoms with van der Waals surface area (Å²) in [4.78, 5) is 15.5. The normalized spacial score (nSPS) is 14.6. The van der Waals surface area contributed by atoms with Crippen LogP contribution in [0.2, 0.25) is 0 Å². The van der Waals surface area contributed by atoms with Gasteiger partial charge in [0.25, 0.3) is 5.91 Å². The first-order valence-corrected chi connectivity index (χ1v) is 11.1. The van der Waals surface area contributed by atoms with Crippen LogP contribution >= 0.6 is 11.3 Å². The van der Waals surface area contributed by atoms with Gasteiger partial charge in [-0.2, -0.15) is 0 Å². The lowest BCUT2D eigenvalue weighted by Gasteiger charge is -2.26. The Morgan fingerprint density at radius 1 is 1.00 bits per heavy atom. The molecule has 2 N–H and O–H groups in total. The summed E-state index contributed by atoms with van der Waals surface area (Å²) in [6, 6.07) is 18.2. The number of morpholine rings is 1. The number of aliphatic hydroxyl groups excluding tert-OH is 1. The van der Waals surface area contributed by atoms with E-state index < -0.39 is 0 Å². The number of hydrogen-bond donors (Lipinski definition) is 2. The average Bonchev–Trinajstić information content (AvgIpc) is 3.30. The highest BCUT2D eigenvalue weighted by atomic mass is 32.1. The Kier molecular flexibility index (Phi) is 6.92. The van der Waals surface area contributed by atoms with Crippen molar-refractivity contribution in [1.82, 2.24) is 10.2 Å². The zero-order valence-electron chi connectivity index (χ0n) is 16.8. The van der Waals surface area contributed by atoms with Crippen LogP contribution in [0.5, 0.6) is 0 Å². The van der Waals surface area contributed by atoms with Gasteiger partial charge in [0, 0.05) is 26.2 Å². The summed E-state index contributed by atoms with van der Waals surface area (Å²) in [5.74, 6) is -0.0167. The van der Waals surface area contributed by atoms with Gasteiger partial charge >= 0.3 is 0 Å². The Morgan fingerprint density at radius 2 is 1.73 bits per heavy atom. The summed E-state index contributed by atoms with van der Waals surface area (Å²) >= 11 is 1.47. The van der Waals surface area contributed by atoms with E-state index in [1.807, 2.05) is 35.7 Å². The van der Waals surface area contributed by atoms with Gasteiger partial charge in [-0.05, 0) is 45.3 Å². The van der Waals surface area contributed by atoms with Crippen LogP contribution in [-0.4, -0.2) is 55.3 Å². The minimum atomic E-state index is -0.0167. The number of nitrogens with one attached hydrogen (secondary N) is 1. The second-order valence-corrected chi connectivity index (χ2v) is 8.26. The van der Waals surface area contributed by atoms with Crippen LogP contribution in [0.4, 0.5) is 0 Å². The van der Waals surface area contributed by atoms with Gasteiger partial charge in [-0.3, -0.25) is 9.69 Å². The van der Waals surface area contributed by atoms with Gasteiger partial charge in [-0.25, -0.2) is 0 Å². The fraction of sp³-hybridized carbons (Fsp3) is 0.292. The molecule has 30 heavy (non-hydrogen) atoms. The lowest BCUT2D eigenvalue weighted by molar-refractivity contribution is 0.0383. The molecule has 1 aliphatic heterocycles. The molecule has 0 spiro atoms. The lowest BCUT2D eigenvalue weighted by Crippen LogP contribution is -2.41. The van der Waals surface area contributed by atoms with Gasteiger partial charge in [0.15, 0.2) is 0 Å². The zero-order valence-corrected chi connectivity index (χ0v) is 17.7. The Balaban J connectivity index is 1.36. The number of rotatable bonds is 7. The first kappa shape index (κ1) is 20.8. The van der Waals surface area contributed by atoms with Crippen molar-refractivity contribution in [2.24, 2.45) is 0 Å². The Hall–Kier alpha value is -2.51. The molecule has 0 aliphatic carbocycles. The van der Waals surface area contributed by atoms with Crippen molar-refractivity contribution in [3.8, 4) is 22.3 Å². The number of benzene rings is 2. The molecule has 0 saturated carbocycles. The fourth-order valence-electron chi connectivity index (χ4n) is 3.55. The summed E-state index contributed by atoms with van der Waals surface area (Å²) < 4.78 is 5.35. The van der Waals surface area contributed by atoms with Crippen LogP contribution in [0, 0.1) is 0 Å². The molecule has 1 fully saturated rings. The monoisotopic (exact) mass is 422 g/mol. The van der Waals surface area contributed by atoms with Crippen LogP contribution in [0.3, 0.4) is 0 Å². The third kappa shape index (κ3) is 5.15. The van der Waals surface area contributed by atoms with E-state index in [1.54, 1.807) is 0 Å². The van der Waals surface area contributed by atoms with Gasteiger partial charge in [0.1, 0.15) is 0 Å². The van der Waals surface area contributed by atoms with Crippen LogP contribution in [0.1, 0.15) is 15.2 Å². The zero-order chi connectivity index (χ0) is 20.8. The van der Waals surface area contributed by atoms with Gasteiger partial charge in [0.2, 0.25) is 0 Å². The molecule has 0 bridgehead atoms. The number of carbonyl (C=O) groups excluding carboxylic acids is 1. The highest BCUT2D eigenvalue weighted by molar-refractivity contribution is 7.12. The van der Waals surface area contributed by atoms with Crippen molar-refractivity contribution < 1.29 is 14.6 Å². The van der Waals surface area contributed by atoms with E-state index >= 15 is 0 Å². The number of thiophene rings is 1. The Labute approximate surface area is 180 Å². The molecule has 0 unspecified atom stereocenters. The van der Waals surface area contributed by atoms with Crippen LogP contribution in [0.25, 0.3) is 22.3 Å². The van der Waals surface area contributed by atoms with E-state index in [1.165, 1.54) is 11.3 Å². The molecule has 1 saturated heterocycles. The predicted molar refractivity (Wildman–Crippen MR) is 121 cm³/mol. The van der Waals surface area contributed by atoms with Crippen molar-refractivity contribution in [3.63, 3.8) is 0 Å². The summed E-state index contributed by atoms with van der Waals surface area (Å²) in [5, 5.41) is 14.4. The van der Waals surface area contributed by atoms with E-state index in [2.05, 4.69) is 34.5 Å². The maximum Gasteiger partial charge on any atom is 0.261 e. The molecule has 6 heteroatoms. The quantitative estimate of drug-likeness (QED) is 0.610. The largest absolute Gasteiger partial charge is 0.392 e. The molecular formula is C24H26N2O3S. The van der Waals surface area contributed by atoms with E-state index in [4.69, 9.17) is 4.74 Å². The van der Waals surface area contributed by atoms with E-state index in [9.17, 15) is 9.90 Å². The van der Waals surface area contributed by atoms with Crippen molar-refractivity contribution in [2.45, 2.75) is 6.61 Å². The number of amides is 1. The average molecular weight is 423 g/mol. The maximum absolute atomic E-state index is 12.5. The molecule has 2 heterocycles. The van der Waals surface area contributed by atoms with Crippen LogP contribution < -0.4 is 5.32 Å². The van der Waals surface area contributed by atoms with Gasteiger partial charge in [0.05, 0.1) is 24.7 Å². The lowest BCUT2D eigenvalue weighted by atomic mass is 10.0. The molecule has 2 aromatic carbocycles. The molecule has 0 atom stereocenters. The first-order chi connectivity index (χ1) is 14.7. The molecule has 5 nitrogen and oxygen atoms in total. The topological polar surface area (TPSA) is 61.8 Å². The smallest absolute Gasteiger partial charge is 0.261 e. The Bertz CT molecular complexity index is 978. The molecule has 3 aromatic rings. The number of carbonyl (C=O) groups is 1. The first-order valence-electron chi connectivity index (χ1n) is 10.2. The van der Waals surface area contributed by atoms with Gasteiger partial charge < -0.3 is 15.2 Å². The molecule has 0 radical (unpaired) electrons. The molecule has 1 aromatic heterocycles. The molecule has 1 aliphatic rings. The van der Waals surface area contributed by atoms with Gasteiger partial charge in [-0.15, -0.1) is 11.3 Å². The van der Waals surface area contributed by atoms with Crippen molar-refractivity contribution in [2.75, 3.05) is 39.4 Å². The fourth-order valence-corrected chi connectivity index (χ4v) is 4.38. The summed E-state index contributed by atoms with van der Waals surface area (Å²) in [6.45, 7) is 4.94. The third-order valence-corrected chi connectivity index (χ3v) is 6.23. The SMILES string of the molecule is O=C(NCCN1CCOCC1)c1cc(-c2ccc(-c3cccc(CO)c3)cc2)cs1. The summed E-state index contributed by atoms with van der Waals surface area (Å²) in [6.07, 6.45) is 0. The third-order valence-electron chi connectivity index (χ3n) is 5.30. The highest BCUT2D eigenvalue weighted by Crippen LogP contribution is 2.28. The highest BCUT2D eigenvalue weighted by Gasteiger charge is 2.13. The molecule has 156 valence electrons. The van der Waals surface area contributed by atoms with E-state index in [-0.39, 0.29) is 12.5 Å². The Morgan fingerprint density at radius 3 is 2.47 bits per heavy atom. The van der Waals surface area contributed by atoms with Crippen LogP contribution in [-0.2, 0) is 11.3 Å². The minimum Gasteiger partial charge on any atom is -0.392 e. The van der Waals surface area contributed by atoms with Gasteiger partial charge in [-0.1, -0.05) is 42.5 Å². The van der Waals surface area contributed by atoms with Crippen molar-refractivity contribution >= 4 is 17.2 Å². The number of nitrogens with zero attached hydrogens (tertiary/aromatic N) is 1. The predicted octanol–water partition coefficient (Wildman–Crippen LogP) is 3.64. The second kappa shape index (κ2) is 10.00. The van der Waals surface area contributed by atoms with E-state index in [0.717, 1.165) is 65.5 Å². The van der Waals surface area contributed by atoms with Crippen molar-refractivity contribution in [3.05, 3.63) is 70.4 Å². The molecule has 4 rings (SSSR count). The minimum absolute atomic E-state index is 0.0167. The standard InChI is InChI=1S/C24H26N2O3S/c27-16-18-2-1-3-21(14-18)19-4-6-20(7-5-19)22-15-23(30-17-22)24(28)25-8-9-26-10-12-29-13-11-26/h1-7,14-15,17,27H,8-13,16H2,(H,25,28). The van der Waals surface area contributed by atoms with Crippen molar-refractivity contribution in [1.29, 1.82) is 0 Å². The number of hydrogen-bond acceptors (Lipinski definition) is 5. The maximum atomic E-state index is 12.5. The molecule has 1 amide bonds. The number of ether oxygens (including phenoxy) is 1. The molecular weight excluding hydrogens is 396 g/mol. The van der Waals surface area contributed by atoms with Crippen LogP contribution in [0.15, 0.2) is 60.0 Å².